The molecule has 0 bridgehead atoms. The number of hydrogen-bond acceptors (Lipinski definition) is 8. The Balaban J connectivity index is 1.24. The summed E-state index contributed by atoms with van der Waals surface area (Å²) in [7, 11) is 0. The van der Waals surface area contributed by atoms with Gasteiger partial charge in [0.05, 0.1) is 34.6 Å². The van der Waals surface area contributed by atoms with Crippen molar-refractivity contribution < 1.29 is 19.2 Å². The highest BCUT2D eigenvalue weighted by Gasteiger charge is 2.34. The van der Waals surface area contributed by atoms with Crippen molar-refractivity contribution in [3.63, 3.8) is 0 Å². The molecule has 0 saturated heterocycles. The van der Waals surface area contributed by atoms with Gasteiger partial charge in [0.15, 0.2) is 11.6 Å². The average molecular weight is 565 g/mol. The van der Waals surface area contributed by atoms with Crippen LogP contribution in [0, 0.1) is 0 Å². The van der Waals surface area contributed by atoms with E-state index in [1.807, 2.05) is 36.4 Å². The maximum absolute atomic E-state index is 13.5. The molecule has 0 saturated carbocycles. The highest BCUT2D eigenvalue weighted by Crippen LogP contribution is 2.36. The number of ketones is 2. The standard InChI is InChI=1S/C30H28N8O4/c39-27-21-17-35-36-18-22(21)28(40)26-24(32-14-16-34-30(42)38-20-9-5-2-6-10-20)12-11-23(25(26)27)31-13-15-33-29(41)37-19-7-3-1-4-8-19/h1-12,17-18,31-32H,13-16H2,(H2,33,37,41)(H2,34,38,42). The van der Waals surface area contributed by atoms with Gasteiger partial charge in [0, 0.05) is 48.9 Å². The minimum atomic E-state index is -0.366. The quantitative estimate of drug-likeness (QED) is 0.140. The van der Waals surface area contributed by atoms with Crippen LogP contribution < -0.4 is 31.9 Å². The fourth-order valence-electron chi connectivity index (χ4n) is 4.46. The van der Waals surface area contributed by atoms with Crippen molar-refractivity contribution in [1.29, 1.82) is 0 Å². The van der Waals surface area contributed by atoms with Gasteiger partial charge in [-0.05, 0) is 36.4 Å². The SMILES string of the molecule is O=C(NCCNc1ccc(NCCNC(=O)Nc2ccccc2)c2c1C(=O)c1cnncc1C2=O)Nc1ccccc1. The van der Waals surface area contributed by atoms with Crippen LogP contribution in [-0.2, 0) is 0 Å². The molecule has 0 radical (unpaired) electrons. The summed E-state index contributed by atoms with van der Waals surface area (Å²) in [5.74, 6) is -0.730. The van der Waals surface area contributed by atoms with Crippen molar-refractivity contribution in [2.45, 2.75) is 0 Å². The Kier molecular flexibility index (Phi) is 8.63. The first-order valence-electron chi connectivity index (χ1n) is 13.3. The lowest BCUT2D eigenvalue weighted by Gasteiger charge is -2.23. The zero-order valence-corrected chi connectivity index (χ0v) is 22.4. The predicted octanol–water partition coefficient (Wildman–Crippen LogP) is 3.72. The van der Waals surface area contributed by atoms with Gasteiger partial charge in [0.1, 0.15) is 0 Å². The van der Waals surface area contributed by atoms with Crippen LogP contribution in [0.5, 0.6) is 0 Å². The van der Waals surface area contributed by atoms with Crippen molar-refractivity contribution in [2.24, 2.45) is 0 Å². The molecule has 12 nitrogen and oxygen atoms in total. The molecule has 0 fully saturated rings. The van der Waals surface area contributed by atoms with Crippen LogP contribution >= 0.6 is 0 Å². The van der Waals surface area contributed by atoms with Crippen LogP contribution in [0.3, 0.4) is 0 Å². The molecule has 4 amide bonds. The number of benzene rings is 3. The zero-order valence-electron chi connectivity index (χ0n) is 22.4. The topological polar surface area (TPSA) is 166 Å². The summed E-state index contributed by atoms with van der Waals surface area (Å²) in [6.07, 6.45) is 2.57. The molecule has 0 atom stereocenters. The average Bonchev–Trinajstić information content (AvgIpc) is 3.01. The van der Waals surface area contributed by atoms with Crippen molar-refractivity contribution in [3.8, 4) is 0 Å². The van der Waals surface area contributed by atoms with Crippen molar-refractivity contribution in [3.05, 3.63) is 107 Å². The summed E-state index contributed by atoms with van der Waals surface area (Å²) in [6.45, 7) is 1.11. The van der Waals surface area contributed by atoms with Gasteiger partial charge in [0.2, 0.25) is 0 Å². The van der Waals surface area contributed by atoms with E-state index >= 15 is 0 Å². The molecule has 12 heteroatoms. The number of aromatic nitrogens is 2. The molecule has 212 valence electrons. The number of carbonyl (C=O) groups is 4. The molecular formula is C30H28N8O4. The summed E-state index contributed by atoms with van der Waals surface area (Å²) in [5.41, 5.74) is 2.97. The van der Waals surface area contributed by atoms with Gasteiger partial charge >= 0.3 is 12.1 Å². The van der Waals surface area contributed by atoms with Gasteiger partial charge in [0.25, 0.3) is 0 Å². The van der Waals surface area contributed by atoms with Gasteiger partial charge in [-0.15, -0.1) is 0 Å². The van der Waals surface area contributed by atoms with E-state index in [1.165, 1.54) is 12.4 Å². The van der Waals surface area contributed by atoms with Gasteiger partial charge < -0.3 is 31.9 Å². The third-order valence-electron chi connectivity index (χ3n) is 6.39. The highest BCUT2D eigenvalue weighted by molar-refractivity contribution is 6.31. The molecule has 42 heavy (non-hydrogen) atoms. The Morgan fingerprint density at radius 2 is 0.952 bits per heavy atom. The maximum Gasteiger partial charge on any atom is 0.319 e. The normalized spacial score (nSPS) is 11.5. The Morgan fingerprint density at radius 1 is 0.548 bits per heavy atom. The van der Waals surface area contributed by atoms with Crippen molar-refractivity contribution in [2.75, 3.05) is 47.4 Å². The number of urea groups is 2. The molecule has 3 aromatic carbocycles. The number of hydrogen-bond donors (Lipinski definition) is 6. The third-order valence-corrected chi connectivity index (χ3v) is 6.39. The molecule has 0 spiro atoms. The minimum absolute atomic E-state index is 0.169. The first-order chi connectivity index (χ1) is 20.5. The molecule has 6 N–H and O–H groups in total. The first kappa shape index (κ1) is 27.8. The minimum Gasteiger partial charge on any atom is -0.383 e. The molecule has 1 aliphatic rings. The molecule has 1 aliphatic carbocycles. The van der Waals surface area contributed by atoms with Gasteiger partial charge in [-0.2, -0.15) is 10.2 Å². The lowest BCUT2D eigenvalue weighted by atomic mass is 9.83. The van der Waals surface area contributed by atoms with Gasteiger partial charge in [-0.25, -0.2) is 9.59 Å². The van der Waals surface area contributed by atoms with Gasteiger partial charge in [-0.3, -0.25) is 9.59 Å². The smallest absolute Gasteiger partial charge is 0.319 e. The number of anilines is 4. The van der Waals surface area contributed by atoms with E-state index in [2.05, 4.69) is 42.1 Å². The van der Waals surface area contributed by atoms with Crippen LogP contribution in [0.4, 0.5) is 32.3 Å². The molecule has 0 aliphatic heterocycles. The number of nitrogens with zero attached hydrogens (tertiary/aromatic N) is 2. The Morgan fingerprint density at radius 3 is 1.36 bits per heavy atom. The fourth-order valence-corrected chi connectivity index (χ4v) is 4.46. The molecule has 4 aromatic rings. The second-order valence-electron chi connectivity index (χ2n) is 9.23. The molecule has 1 aromatic heterocycles. The highest BCUT2D eigenvalue weighted by atomic mass is 16.2. The molecule has 1 heterocycles. The van der Waals surface area contributed by atoms with Crippen LogP contribution in [0.2, 0.25) is 0 Å². The summed E-state index contributed by atoms with van der Waals surface area (Å²) < 4.78 is 0. The number of amides is 4. The second kappa shape index (κ2) is 13.0. The molecule has 0 unspecified atom stereocenters. The maximum atomic E-state index is 13.5. The summed E-state index contributed by atoms with van der Waals surface area (Å²) >= 11 is 0. The number of nitrogens with one attached hydrogen (secondary N) is 6. The molecule has 5 rings (SSSR count). The first-order valence-corrected chi connectivity index (χ1v) is 13.3. The van der Waals surface area contributed by atoms with E-state index in [4.69, 9.17) is 0 Å². The zero-order chi connectivity index (χ0) is 29.3. The number of fused-ring (bicyclic) bond motifs is 2. The largest absolute Gasteiger partial charge is 0.383 e. The number of rotatable bonds is 10. The predicted molar refractivity (Wildman–Crippen MR) is 159 cm³/mol. The van der Waals surface area contributed by atoms with Crippen LogP contribution in [0.1, 0.15) is 31.8 Å². The van der Waals surface area contributed by atoms with E-state index in [0.29, 0.717) is 35.8 Å². The van der Waals surface area contributed by atoms with Crippen molar-refractivity contribution in [1.82, 2.24) is 20.8 Å². The Labute approximate surface area is 241 Å². The van der Waals surface area contributed by atoms with Crippen LogP contribution in [-0.4, -0.2) is 60.0 Å². The van der Waals surface area contributed by atoms with Crippen LogP contribution in [0.15, 0.2) is 85.2 Å². The summed E-state index contributed by atoms with van der Waals surface area (Å²) in [6, 6.07) is 20.8. The summed E-state index contributed by atoms with van der Waals surface area (Å²) in [5, 5.41) is 24.9. The monoisotopic (exact) mass is 564 g/mol. The van der Waals surface area contributed by atoms with E-state index in [1.54, 1.807) is 36.4 Å². The Hall–Kier alpha value is -5.78. The van der Waals surface area contributed by atoms with E-state index in [9.17, 15) is 19.2 Å². The van der Waals surface area contributed by atoms with Crippen LogP contribution in [0.25, 0.3) is 0 Å². The van der Waals surface area contributed by atoms with E-state index in [-0.39, 0.29) is 59.0 Å². The van der Waals surface area contributed by atoms with Crippen molar-refractivity contribution >= 4 is 46.4 Å². The Bertz CT molecular complexity index is 1490. The lowest BCUT2D eigenvalue weighted by molar-refractivity contribution is 0.0979. The fraction of sp³-hybridized carbons (Fsp3) is 0.133. The third kappa shape index (κ3) is 6.50. The number of para-hydroxylation sites is 2. The number of carbonyl (C=O) groups excluding carboxylic acids is 4. The van der Waals surface area contributed by atoms with E-state index < -0.39 is 0 Å². The van der Waals surface area contributed by atoms with E-state index in [0.717, 1.165) is 0 Å². The second-order valence-corrected chi connectivity index (χ2v) is 9.23. The van der Waals surface area contributed by atoms with Gasteiger partial charge in [-0.1, -0.05) is 36.4 Å². The molecular weight excluding hydrogens is 536 g/mol. The lowest BCUT2D eigenvalue weighted by Crippen LogP contribution is -2.33. The summed E-state index contributed by atoms with van der Waals surface area (Å²) in [4.78, 5) is 51.4.